The summed E-state index contributed by atoms with van der Waals surface area (Å²) in [4.78, 5) is 13.9. The predicted octanol–water partition coefficient (Wildman–Crippen LogP) is 5.73. The van der Waals surface area contributed by atoms with Gasteiger partial charge in [-0.1, -0.05) is 60.7 Å². The van der Waals surface area contributed by atoms with Crippen LogP contribution in [0.4, 0.5) is 0 Å². The Hall–Kier alpha value is -2.52. The van der Waals surface area contributed by atoms with Gasteiger partial charge in [-0.05, 0) is 55.7 Å². The normalized spacial score (nSPS) is 11.2. The number of hydrogen-bond acceptors (Lipinski definition) is 2. The number of carbonyl (C=O) groups is 1. The van der Waals surface area contributed by atoms with Gasteiger partial charge in [0.2, 0.25) is 0 Å². The zero-order chi connectivity index (χ0) is 19.1. The highest BCUT2D eigenvalue weighted by atomic mass is 32.2. The largest absolute Gasteiger partial charge is 0.347 e. The van der Waals surface area contributed by atoms with Crippen LogP contribution in [0.1, 0.15) is 35.3 Å². The zero-order valence-electron chi connectivity index (χ0n) is 15.8. The van der Waals surface area contributed by atoms with Crippen LogP contribution < -0.4 is 5.32 Å². The van der Waals surface area contributed by atoms with Crippen molar-refractivity contribution in [3.63, 3.8) is 0 Å². The van der Waals surface area contributed by atoms with Crippen LogP contribution in [0.3, 0.4) is 0 Å². The van der Waals surface area contributed by atoms with Crippen LogP contribution >= 0.6 is 11.8 Å². The summed E-state index contributed by atoms with van der Waals surface area (Å²) in [5, 5.41) is 3.15. The highest BCUT2D eigenvalue weighted by Crippen LogP contribution is 2.22. The third kappa shape index (κ3) is 6.00. The molecule has 0 aromatic heterocycles. The minimum atomic E-state index is -0.305. The lowest BCUT2D eigenvalue weighted by atomic mass is 9.94. The zero-order valence-corrected chi connectivity index (χ0v) is 16.6. The van der Waals surface area contributed by atoms with Gasteiger partial charge in [0, 0.05) is 21.8 Å². The molecule has 0 unspecified atom stereocenters. The molecule has 0 saturated heterocycles. The molecule has 3 aromatic carbocycles. The van der Waals surface area contributed by atoms with Crippen molar-refractivity contribution in [2.45, 2.75) is 36.5 Å². The van der Waals surface area contributed by atoms with E-state index in [0.717, 1.165) is 12.2 Å². The number of amides is 1. The summed E-state index contributed by atoms with van der Waals surface area (Å²) in [6.07, 6.45) is 0.797. The first-order chi connectivity index (χ1) is 13.0. The molecule has 138 valence electrons. The second-order valence-electron chi connectivity index (χ2n) is 7.30. The molecule has 0 atom stereocenters. The molecule has 3 rings (SSSR count). The fraction of sp³-hybridized carbons (Fsp3) is 0.208. The highest BCUT2D eigenvalue weighted by Gasteiger charge is 2.21. The summed E-state index contributed by atoms with van der Waals surface area (Å²) in [6, 6.07) is 28.5. The van der Waals surface area contributed by atoms with Crippen molar-refractivity contribution in [3.05, 3.63) is 102 Å². The van der Waals surface area contributed by atoms with E-state index in [1.807, 2.05) is 60.7 Å². The van der Waals surface area contributed by atoms with E-state index in [4.69, 9.17) is 0 Å². The second-order valence-corrected chi connectivity index (χ2v) is 8.35. The topological polar surface area (TPSA) is 29.1 Å². The van der Waals surface area contributed by atoms with E-state index in [1.165, 1.54) is 16.0 Å². The van der Waals surface area contributed by atoms with Crippen LogP contribution in [0.15, 0.2) is 89.8 Å². The van der Waals surface area contributed by atoms with Crippen LogP contribution in [-0.4, -0.2) is 11.4 Å². The molecule has 1 amide bonds. The number of carbonyl (C=O) groups excluding carboxylic acids is 1. The summed E-state index contributed by atoms with van der Waals surface area (Å²) in [5.74, 6) is 0.865. The van der Waals surface area contributed by atoms with Crippen LogP contribution in [0.5, 0.6) is 0 Å². The van der Waals surface area contributed by atoms with Crippen molar-refractivity contribution in [1.29, 1.82) is 0 Å². The molecule has 0 fully saturated rings. The Morgan fingerprint density at radius 2 is 1.41 bits per heavy atom. The summed E-state index contributed by atoms with van der Waals surface area (Å²) in [5.41, 5.74) is 2.82. The summed E-state index contributed by atoms with van der Waals surface area (Å²) in [6.45, 7) is 4.12. The maximum absolute atomic E-state index is 12.6. The van der Waals surface area contributed by atoms with E-state index in [2.05, 4.69) is 43.4 Å². The van der Waals surface area contributed by atoms with Crippen molar-refractivity contribution in [2.75, 3.05) is 0 Å². The lowest BCUT2D eigenvalue weighted by molar-refractivity contribution is 0.0913. The third-order valence-electron chi connectivity index (χ3n) is 4.31. The number of nitrogens with one attached hydrogen (secondary N) is 1. The first kappa shape index (κ1) is 19.2. The van der Waals surface area contributed by atoms with Gasteiger partial charge in [-0.15, -0.1) is 11.8 Å². The predicted molar refractivity (Wildman–Crippen MR) is 114 cm³/mol. The summed E-state index contributed by atoms with van der Waals surface area (Å²) < 4.78 is 0. The van der Waals surface area contributed by atoms with E-state index in [9.17, 15) is 4.79 Å². The van der Waals surface area contributed by atoms with Gasteiger partial charge in [0.15, 0.2) is 0 Å². The Kier molecular flexibility index (Phi) is 6.36. The molecule has 0 aliphatic carbocycles. The first-order valence-electron chi connectivity index (χ1n) is 9.15. The molecule has 27 heavy (non-hydrogen) atoms. The average Bonchev–Trinajstić information content (AvgIpc) is 2.67. The van der Waals surface area contributed by atoms with Crippen molar-refractivity contribution < 1.29 is 4.79 Å². The molecule has 0 aliphatic rings. The summed E-state index contributed by atoms with van der Waals surface area (Å²) >= 11 is 1.80. The van der Waals surface area contributed by atoms with E-state index in [1.54, 1.807) is 11.8 Å². The van der Waals surface area contributed by atoms with Gasteiger partial charge in [0.25, 0.3) is 5.91 Å². The Balaban J connectivity index is 1.56. The maximum atomic E-state index is 12.6. The third-order valence-corrected chi connectivity index (χ3v) is 5.39. The Bertz CT molecular complexity index is 858. The van der Waals surface area contributed by atoms with Gasteiger partial charge in [0.05, 0.1) is 0 Å². The number of benzene rings is 3. The number of rotatable bonds is 7. The molecule has 0 spiro atoms. The molecule has 0 aliphatic heterocycles. The first-order valence-corrected chi connectivity index (χ1v) is 10.1. The molecular formula is C24H25NOS. The van der Waals surface area contributed by atoms with Crippen molar-refractivity contribution in [3.8, 4) is 0 Å². The van der Waals surface area contributed by atoms with E-state index >= 15 is 0 Å². The van der Waals surface area contributed by atoms with Crippen LogP contribution in [-0.2, 0) is 12.2 Å². The quantitative estimate of drug-likeness (QED) is 0.534. The van der Waals surface area contributed by atoms with Gasteiger partial charge >= 0.3 is 0 Å². The van der Waals surface area contributed by atoms with Crippen LogP contribution in [0.25, 0.3) is 0 Å². The molecule has 2 nitrogen and oxygen atoms in total. The van der Waals surface area contributed by atoms with Gasteiger partial charge in [-0.3, -0.25) is 4.79 Å². The molecule has 3 aromatic rings. The lowest BCUT2D eigenvalue weighted by Gasteiger charge is -2.26. The minimum Gasteiger partial charge on any atom is -0.347 e. The Morgan fingerprint density at radius 3 is 2.04 bits per heavy atom. The van der Waals surface area contributed by atoms with Crippen LogP contribution in [0, 0.1) is 0 Å². The van der Waals surface area contributed by atoms with E-state index in [-0.39, 0.29) is 11.4 Å². The van der Waals surface area contributed by atoms with Crippen molar-refractivity contribution >= 4 is 17.7 Å². The standard InChI is InChI=1S/C24H25NOS/c1-24(2,17-19-9-5-3-6-10-19)25-23(26)21-15-13-20(14-16-21)18-27-22-11-7-4-8-12-22/h3-16H,17-18H2,1-2H3,(H,25,26). The van der Waals surface area contributed by atoms with Gasteiger partial charge in [-0.25, -0.2) is 0 Å². The molecule has 0 bridgehead atoms. The molecule has 0 radical (unpaired) electrons. The average molecular weight is 376 g/mol. The van der Waals surface area contributed by atoms with Gasteiger partial charge < -0.3 is 5.32 Å². The molecule has 3 heteroatoms. The molecular weight excluding hydrogens is 350 g/mol. The Labute approximate surface area is 166 Å². The Morgan fingerprint density at radius 1 is 0.815 bits per heavy atom. The van der Waals surface area contributed by atoms with Crippen molar-refractivity contribution in [2.24, 2.45) is 0 Å². The fourth-order valence-electron chi connectivity index (χ4n) is 2.97. The SMILES string of the molecule is CC(C)(Cc1ccccc1)NC(=O)c1ccc(CSc2ccccc2)cc1. The molecule has 1 N–H and O–H groups in total. The monoisotopic (exact) mass is 375 g/mol. The minimum absolute atomic E-state index is 0.0295. The molecule has 0 heterocycles. The number of hydrogen-bond donors (Lipinski definition) is 1. The van der Waals surface area contributed by atoms with E-state index < -0.39 is 0 Å². The van der Waals surface area contributed by atoms with Gasteiger partial charge in [-0.2, -0.15) is 0 Å². The van der Waals surface area contributed by atoms with Crippen molar-refractivity contribution in [1.82, 2.24) is 5.32 Å². The van der Waals surface area contributed by atoms with Gasteiger partial charge in [0.1, 0.15) is 0 Å². The highest BCUT2D eigenvalue weighted by molar-refractivity contribution is 7.98. The molecule has 0 saturated carbocycles. The maximum Gasteiger partial charge on any atom is 0.251 e. The van der Waals surface area contributed by atoms with Crippen LogP contribution in [0.2, 0.25) is 0 Å². The fourth-order valence-corrected chi connectivity index (χ4v) is 3.84. The number of thioether (sulfide) groups is 1. The second kappa shape index (κ2) is 8.92. The lowest BCUT2D eigenvalue weighted by Crippen LogP contribution is -2.45. The summed E-state index contributed by atoms with van der Waals surface area (Å²) in [7, 11) is 0. The smallest absolute Gasteiger partial charge is 0.251 e. The van der Waals surface area contributed by atoms with E-state index in [0.29, 0.717) is 5.56 Å².